The largest absolute Gasteiger partial charge is 0.398 e. The monoisotopic (exact) mass is 546 g/mol. The zero-order chi connectivity index (χ0) is 29.4. The summed E-state index contributed by atoms with van der Waals surface area (Å²) in [6, 6.07) is 40.1. The molecule has 0 atom stereocenters. The molecule has 1 heterocycles. The highest BCUT2D eigenvalue weighted by Crippen LogP contribution is 2.45. The van der Waals surface area contributed by atoms with Crippen molar-refractivity contribution >= 4 is 49.0 Å². The lowest BCUT2D eigenvalue weighted by Crippen LogP contribution is -2.11. The number of hydrogen-bond donors (Lipinski definition) is 1. The van der Waals surface area contributed by atoms with Crippen molar-refractivity contribution in [3.8, 4) is 16.8 Å². The van der Waals surface area contributed by atoms with Gasteiger partial charge in [-0.2, -0.15) is 0 Å². The lowest BCUT2D eigenvalue weighted by atomic mass is 9.86. The number of aromatic nitrogens is 1. The van der Waals surface area contributed by atoms with Gasteiger partial charge in [-0.05, 0) is 67.8 Å². The summed E-state index contributed by atoms with van der Waals surface area (Å²) in [5.41, 5.74) is 16.2. The van der Waals surface area contributed by atoms with Gasteiger partial charge in [0.25, 0.3) is 0 Å². The Balaban J connectivity index is 1.71. The van der Waals surface area contributed by atoms with Gasteiger partial charge in [0.15, 0.2) is 0 Å². The third kappa shape index (κ3) is 4.09. The number of benzene rings is 6. The van der Waals surface area contributed by atoms with Crippen LogP contribution in [-0.2, 0) is 10.8 Å². The molecule has 0 amide bonds. The van der Waals surface area contributed by atoms with Crippen molar-refractivity contribution in [3.63, 3.8) is 0 Å². The second-order valence-electron chi connectivity index (χ2n) is 13.7. The first-order valence-corrected chi connectivity index (χ1v) is 14.9. The van der Waals surface area contributed by atoms with Gasteiger partial charge in [-0.25, -0.2) is 0 Å². The van der Waals surface area contributed by atoms with Crippen LogP contribution in [0, 0.1) is 0 Å². The fraction of sp³-hybridized carbons (Fsp3) is 0.200. The van der Waals surface area contributed by atoms with Gasteiger partial charge in [0.2, 0.25) is 0 Å². The summed E-state index contributed by atoms with van der Waals surface area (Å²) >= 11 is 0. The SMILES string of the molecule is CC(C)(C)c1ccc2c3ccc(C(C)(C)C)cc3n(-c3ccc4ccccc4c3-c3c(N)ccc4ccccc34)c2c1. The van der Waals surface area contributed by atoms with E-state index in [2.05, 4.69) is 155 Å². The molecule has 208 valence electrons. The lowest BCUT2D eigenvalue weighted by molar-refractivity contribution is 0.591. The lowest BCUT2D eigenvalue weighted by Gasteiger charge is -2.22. The number of nitrogens with zero attached hydrogens (tertiary/aromatic N) is 1. The average molecular weight is 547 g/mol. The van der Waals surface area contributed by atoms with Crippen LogP contribution in [0.3, 0.4) is 0 Å². The van der Waals surface area contributed by atoms with Crippen LogP contribution in [0.4, 0.5) is 5.69 Å². The molecule has 0 bridgehead atoms. The summed E-state index contributed by atoms with van der Waals surface area (Å²) in [5.74, 6) is 0. The molecule has 42 heavy (non-hydrogen) atoms. The highest BCUT2D eigenvalue weighted by molar-refractivity contribution is 6.15. The normalized spacial score (nSPS) is 12.6. The van der Waals surface area contributed by atoms with Crippen LogP contribution in [-0.4, -0.2) is 4.57 Å². The van der Waals surface area contributed by atoms with Gasteiger partial charge in [0.1, 0.15) is 0 Å². The molecule has 0 aliphatic carbocycles. The minimum atomic E-state index is 0.0261. The third-order valence-corrected chi connectivity index (χ3v) is 8.86. The predicted molar refractivity (Wildman–Crippen MR) is 183 cm³/mol. The zero-order valence-electron chi connectivity index (χ0n) is 25.4. The Labute approximate surface area is 248 Å². The van der Waals surface area contributed by atoms with Crippen LogP contribution >= 0.6 is 0 Å². The molecule has 2 N–H and O–H groups in total. The number of nitrogen functional groups attached to an aromatic ring is 1. The van der Waals surface area contributed by atoms with E-state index in [9.17, 15) is 0 Å². The molecular weight excluding hydrogens is 508 g/mol. The molecular formula is C40H38N2. The number of hydrogen-bond acceptors (Lipinski definition) is 1. The van der Waals surface area contributed by atoms with E-state index in [1.807, 2.05) is 0 Å². The van der Waals surface area contributed by atoms with Crippen molar-refractivity contribution in [3.05, 3.63) is 120 Å². The summed E-state index contributed by atoms with van der Waals surface area (Å²) in [5, 5.41) is 7.29. The van der Waals surface area contributed by atoms with E-state index in [0.29, 0.717) is 0 Å². The first-order chi connectivity index (χ1) is 20.0. The molecule has 0 fully saturated rings. The smallest absolute Gasteiger partial charge is 0.0548 e. The van der Waals surface area contributed by atoms with E-state index < -0.39 is 0 Å². The summed E-state index contributed by atoms with van der Waals surface area (Å²) in [4.78, 5) is 0. The Hall–Kier alpha value is -4.56. The molecule has 2 heteroatoms. The minimum Gasteiger partial charge on any atom is -0.398 e. The Bertz CT molecular complexity index is 2090. The zero-order valence-corrected chi connectivity index (χ0v) is 25.4. The number of nitrogens with two attached hydrogens (primary N) is 1. The van der Waals surface area contributed by atoms with Gasteiger partial charge in [0.05, 0.1) is 16.7 Å². The molecule has 7 rings (SSSR count). The highest BCUT2D eigenvalue weighted by Gasteiger charge is 2.24. The van der Waals surface area contributed by atoms with Crippen LogP contribution in [0.1, 0.15) is 52.7 Å². The second kappa shape index (κ2) is 9.22. The van der Waals surface area contributed by atoms with Crippen LogP contribution in [0.25, 0.3) is 60.2 Å². The van der Waals surface area contributed by atoms with E-state index in [4.69, 9.17) is 5.73 Å². The predicted octanol–water partition coefficient (Wildman–Crippen LogP) is 10.9. The van der Waals surface area contributed by atoms with Crippen LogP contribution in [0.5, 0.6) is 0 Å². The van der Waals surface area contributed by atoms with Gasteiger partial charge in [0, 0.05) is 27.6 Å². The molecule has 0 spiro atoms. The van der Waals surface area contributed by atoms with Gasteiger partial charge in [-0.3, -0.25) is 0 Å². The molecule has 0 radical (unpaired) electrons. The van der Waals surface area contributed by atoms with Crippen LogP contribution in [0.15, 0.2) is 109 Å². The minimum absolute atomic E-state index is 0.0261. The number of anilines is 1. The topological polar surface area (TPSA) is 30.9 Å². The Morgan fingerprint density at radius 2 is 0.952 bits per heavy atom. The maximum Gasteiger partial charge on any atom is 0.0548 e. The summed E-state index contributed by atoms with van der Waals surface area (Å²) < 4.78 is 2.50. The summed E-state index contributed by atoms with van der Waals surface area (Å²) in [6.45, 7) is 13.7. The van der Waals surface area contributed by atoms with Crippen molar-refractivity contribution < 1.29 is 0 Å². The van der Waals surface area contributed by atoms with Gasteiger partial charge in [-0.1, -0.05) is 126 Å². The summed E-state index contributed by atoms with van der Waals surface area (Å²) in [6.07, 6.45) is 0. The van der Waals surface area contributed by atoms with Crippen LogP contribution in [0.2, 0.25) is 0 Å². The quantitative estimate of drug-likeness (QED) is 0.215. The Morgan fingerprint density at radius 1 is 0.476 bits per heavy atom. The molecule has 7 aromatic rings. The van der Waals surface area contributed by atoms with E-state index in [1.165, 1.54) is 60.0 Å². The first kappa shape index (κ1) is 26.3. The third-order valence-electron chi connectivity index (χ3n) is 8.86. The first-order valence-electron chi connectivity index (χ1n) is 14.9. The molecule has 1 aromatic heterocycles. The fourth-order valence-corrected chi connectivity index (χ4v) is 6.49. The Morgan fingerprint density at radius 3 is 1.48 bits per heavy atom. The van der Waals surface area contributed by atoms with Crippen molar-refractivity contribution in [1.29, 1.82) is 0 Å². The van der Waals surface area contributed by atoms with Crippen molar-refractivity contribution in [2.45, 2.75) is 52.4 Å². The fourth-order valence-electron chi connectivity index (χ4n) is 6.49. The standard InChI is InChI=1S/C40H38N2/c1-39(2,3)27-17-19-31-32-20-18-28(40(4,5)6)24-36(32)42(35(31)23-27)34-22-16-26-12-8-10-14-30(26)38(34)37-29-13-9-7-11-25(29)15-21-33(37)41/h7-24H,41H2,1-6H3. The molecule has 0 aliphatic heterocycles. The molecule has 0 unspecified atom stereocenters. The highest BCUT2D eigenvalue weighted by atomic mass is 15.0. The second-order valence-corrected chi connectivity index (χ2v) is 13.7. The van der Waals surface area contributed by atoms with E-state index in [0.717, 1.165) is 16.9 Å². The van der Waals surface area contributed by atoms with E-state index >= 15 is 0 Å². The Kier molecular flexibility index (Phi) is 5.79. The molecule has 6 aromatic carbocycles. The molecule has 0 saturated carbocycles. The molecule has 2 nitrogen and oxygen atoms in total. The maximum atomic E-state index is 6.91. The van der Waals surface area contributed by atoms with Gasteiger partial charge in [-0.15, -0.1) is 0 Å². The number of fused-ring (bicyclic) bond motifs is 5. The van der Waals surface area contributed by atoms with E-state index in [1.54, 1.807) is 0 Å². The van der Waals surface area contributed by atoms with Gasteiger partial charge < -0.3 is 10.3 Å². The van der Waals surface area contributed by atoms with Crippen molar-refractivity contribution in [2.24, 2.45) is 0 Å². The summed E-state index contributed by atoms with van der Waals surface area (Å²) in [7, 11) is 0. The van der Waals surface area contributed by atoms with Crippen molar-refractivity contribution in [2.75, 3.05) is 5.73 Å². The maximum absolute atomic E-state index is 6.91. The van der Waals surface area contributed by atoms with Crippen molar-refractivity contribution in [1.82, 2.24) is 4.57 Å². The molecule has 0 aliphatic rings. The number of rotatable bonds is 2. The van der Waals surface area contributed by atoms with Crippen LogP contribution < -0.4 is 5.73 Å². The molecule has 0 saturated heterocycles. The average Bonchev–Trinajstić information content (AvgIpc) is 3.29. The van der Waals surface area contributed by atoms with E-state index in [-0.39, 0.29) is 10.8 Å². The van der Waals surface area contributed by atoms with Gasteiger partial charge >= 0.3 is 0 Å².